The number of benzene rings is 1. The van der Waals surface area contributed by atoms with Crippen molar-refractivity contribution in [3.8, 4) is 0 Å². The zero-order valence-corrected chi connectivity index (χ0v) is 14.1. The second-order valence-electron chi connectivity index (χ2n) is 3.99. The lowest BCUT2D eigenvalue weighted by molar-refractivity contribution is -0.113. The van der Waals surface area contributed by atoms with Gasteiger partial charge in [-0.25, -0.2) is 0 Å². The second kappa shape index (κ2) is 8.19. The van der Waals surface area contributed by atoms with Crippen LogP contribution in [0.2, 0.25) is 0 Å². The zero-order chi connectivity index (χ0) is 13.5. The number of hydrogen-bond donors (Lipinski definition) is 2. The van der Waals surface area contributed by atoms with Gasteiger partial charge in [0, 0.05) is 15.0 Å². The van der Waals surface area contributed by atoms with Gasteiger partial charge in [-0.1, -0.05) is 15.9 Å². The molecular weight excluding hydrogens is 380 g/mol. The minimum atomic E-state index is 0.00713. The predicted molar refractivity (Wildman–Crippen MR) is 86.1 cm³/mol. The van der Waals surface area contributed by atoms with Crippen LogP contribution in [0.5, 0.6) is 0 Å². The van der Waals surface area contributed by atoms with Crippen molar-refractivity contribution in [1.29, 1.82) is 0 Å². The predicted octanol–water partition coefficient (Wildman–Crippen LogP) is 3.62. The number of carbonyl (C=O) groups is 1. The molecule has 0 heterocycles. The zero-order valence-electron chi connectivity index (χ0n) is 10.1. The Bertz CT molecular complexity index is 413. The summed E-state index contributed by atoms with van der Waals surface area (Å²) >= 11 is 8.38. The molecule has 18 heavy (non-hydrogen) atoms. The first kappa shape index (κ1) is 16.0. The third-order valence-electron chi connectivity index (χ3n) is 2.16. The quantitative estimate of drug-likeness (QED) is 0.723. The Balaban J connectivity index is 2.35. The van der Waals surface area contributed by atoms with Gasteiger partial charge in [-0.2, -0.15) is 11.8 Å². The monoisotopic (exact) mass is 394 g/mol. The van der Waals surface area contributed by atoms with Gasteiger partial charge in [0.2, 0.25) is 5.91 Å². The van der Waals surface area contributed by atoms with E-state index < -0.39 is 0 Å². The molecule has 0 spiro atoms. The van der Waals surface area contributed by atoms with E-state index in [9.17, 15) is 4.79 Å². The van der Waals surface area contributed by atoms with E-state index in [4.69, 9.17) is 5.73 Å². The average molecular weight is 396 g/mol. The fourth-order valence-corrected chi connectivity index (χ4v) is 3.30. The number of carbonyl (C=O) groups excluding carboxylic acids is 1. The van der Waals surface area contributed by atoms with Crippen LogP contribution in [-0.2, 0) is 4.79 Å². The first-order valence-electron chi connectivity index (χ1n) is 5.57. The van der Waals surface area contributed by atoms with Crippen molar-refractivity contribution in [2.24, 2.45) is 5.73 Å². The highest BCUT2D eigenvalue weighted by Gasteiger charge is 2.06. The van der Waals surface area contributed by atoms with E-state index in [-0.39, 0.29) is 11.9 Å². The summed E-state index contributed by atoms with van der Waals surface area (Å²) in [6, 6.07) is 5.85. The molecule has 1 unspecified atom stereocenters. The van der Waals surface area contributed by atoms with Gasteiger partial charge >= 0.3 is 0 Å². The molecule has 100 valence electrons. The van der Waals surface area contributed by atoms with Gasteiger partial charge in [-0.15, -0.1) is 0 Å². The van der Waals surface area contributed by atoms with Crippen LogP contribution >= 0.6 is 43.6 Å². The minimum Gasteiger partial charge on any atom is -0.328 e. The molecule has 3 nitrogen and oxygen atoms in total. The van der Waals surface area contributed by atoms with E-state index in [1.807, 2.05) is 25.1 Å². The molecule has 1 aromatic carbocycles. The maximum absolute atomic E-state index is 11.7. The Morgan fingerprint density at radius 1 is 1.50 bits per heavy atom. The smallest absolute Gasteiger partial charge is 0.234 e. The number of amides is 1. The summed E-state index contributed by atoms with van der Waals surface area (Å²) in [7, 11) is 0. The van der Waals surface area contributed by atoms with Gasteiger partial charge in [0.1, 0.15) is 0 Å². The van der Waals surface area contributed by atoms with Gasteiger partial charge in [-0.05, 0) is 53.2 Å². The molecule has 1 amide bonds. The van der Waals surface area contributed by atoms with Crippen molar-refractivity contribution >= 4 is 55.2 Å². The fraction of sp³-hybridized carbons (Fsp3) is 0.417. The summed E-state index contributed by atoms with van der Waals surface area (Å²) in [5.74, 6) is 1.37. The molecule has 1 rings (SSSR count). The van der Waals surface area contributed by atoms with Gasteiger partial charge in [0.15, 0.2) is 0 Å². The topological polar surface area (TPSA) is 55.1 Å². The van der Waals surface area contributed by atoms with Crippen molar-refractivity contribution < 1.29 is 4.79 Å². The van der Waals surface area contributed by atoms with Gasteiger partial charge < -0.3 is 11.1 Å². The van der Waals surface area contributed by atoms with Crippen LogP contribution in [0.15, 0.2) is 27.1 Å². The molecular formula is C12H16Br2N2OS. The third-order valence-corrected chi connectivity index (χ3v) is 4.30. The molecule has 1 atom stereocenters. The van der Waals surface area contributed by atoms with Crippen LogP contribution in [0, 0.1) is 0 Å². The van der Waals surface area contributed by atoms with Crippen LogP contribution in [0.1, 0.15) is 13.3 Å². The Morgan fingerprint density at radius 3 is 2.83 bits per heavy atom. The van der Waals surface area contributed by atoms with E-state index in [1.165, 1.54) is 0 Å². The van der Waals surface area contributed by atoms with Crippen LogP contribution < -0.4 is 11.1 Å². The molecule has 0 radical (unpaired) electrons. The third kappa shape index (κ3) is 6.22. The van der Waals surface area contributed by atoms with Gasteiger partial charge in [0.05, 0.1) is 11.4 Å². The molecule has 0 bridgehead atoms. The summed E-state index contributed by atoms with van der Waals surface area (Å²) in [4.78, 5) is 11.7. The molecule has 0 aliphatic carbocycles. The molecule has 6 heteroatoms. The molecule has 0 aliphatic rings. The number of thioether (sulfide) groups is 1. The number of halogens is 2. The summed E-state index contributed by atoms with van der Waals surface area (Å²) in [6.45, 7) is 1.97. The Morgan fingerprint density at radius 2 is 2.22 bits per heavy atom. The van der Waals surface area contributed by atoms with Crippen molar-refractivity contribution in [2.45, 2.75) is 19.4 Å². The van der Waals surface area contributed by atoms with Crippen molar-refractivity contribution in [2.75, 3.05) is 16.8 Å². The standard InChI is InChI=1S/C12H16Br2N2OS/c1-8(15)4-5-18-7-12(17)16-11-3-2-9(13)6-10(11)14/h2-3,6,8H,4-5,7,15H2,1H3,(H,16,17). The molecule has 0 aromatic heterocycles. The van der Waals surface area contributed by atoms with Crippen LogP contribution in [0.25, 0.3) is 0 Å². The summed E-state index contributed by atoms with van der Waals surface area (Å²) < 4.78 is 1.84. The maximum atomic E-state index is 11.7. The Labute approximate surface area is 129 Å². The van der Waals surface area contributed by atoms with Crippen LogP contribution in [0.3, 0.4) is 0 Å². The number of rotatable bonds is 6. The highest BCUT2D eigenvalue weighted by atomic mass is 79.9. The van der Waals surface area contributed by atoms with Crippen molar-refractivity contribution in [3.63, 3.8) is 0 Å². The number of nitrogens with one attached hydrogen (secondary N) is 1. The van der Waals surface area contributed by atoms with E-state index in [2.05, 4.69) is 37.2 Å². The first-order valence-corrected chi connectivity index (χ1v) is 8.31. The van der Waals surface area contributed by atoms with E-state index in [0.717, 1.165) is 26.8 Å². The van der Waals surface area contributed by atoms with Crippen LogP contribution in [-0.4, -0.2) is 23.5 Å². The van der Waals surface area contributed by atoms with E-state index >= 15 is 0 Å². The lowest BCUT2D eigenvalue weighted by atomic mass is 10.3. The lowest BCUT2D eigenvalue weighted by Crippen LogP contribution is -2.17. The number of nitrogens with two attached hydrogens (primary N) is 1. The maximum Gasteiger partial charge on any atom is 0.234 e. The molecule has 3 N–H and O–H groups in total. The van der Waals surface area contributed by atoms with Crippen molar-refractivity contribution in [3.05, 3.63) is 27.1 Å². The van der Waals surface area contributed by atoms with Gasteiger partial charge in [0.25, 0.3) is 0 Å². The lowest BCUT2D eigenvalue weighted by Gasteiger charge is -2.08. The molecule has 0 saturated carbocycles. The molecule has 0 fully saturated rings. The number of hydrogen-bond acceptors (Lipinski definition) is 3. The minimum absolute atomic E-state index is 0.00713. The summed E-state index contributed by atoms with van der Waals surface area (Å²) in [6.07, 6.45) is 0.930. The Hall–Kier alpha value is -0.0400. The molecule has 0 saturated heterocycles. The average Bonchev–Trinajstić information content (AvgIpc) is 2.28. The van der Waals surface area contributed by atoms with E-state index in [0.29, 0.717) is 5.75 Å². The normalized spacial score (nSPS) is 12.2. The first-order chi connectivity index (χ1) is 8.49. The SMILES string of the molecule is CC(N)CCSCC(=O)Nc1ccc(Br)cc1Br. The molecule has 0 aliphatic heterocycles. The van der Waals surface area contributed by atoms with Crippen molar-refractivity contribution in [1.82, 2.24) is 0 Å². The summed E-state index contributed by atoms with van der Waals surface area (Å²) in [5, 5.41) is 2.87. The second-order valence-corrected chi connectivity index (χ2v) is 6.87. The molecule has 1 aromatic rings. The van der Waals surface area contributed by atoms with Crippen LogP contribution in [0.4, 0.5) is 5.69 Å². The Kier molecular flexibility index (Phi) is 7.29. The largest absolute Gasteiger partial charge is 0.328 e. The summed E-state index contributed by atoms with van der Waals surface area (Å²) in [5.41, 5.74) is 6.43. The highest BCUT2D eigenvalue weighted by molar-refractivity contribution is 9.11. The highest BCUT2D eigenvalue weighted by Crippen LogP contribution is 2.26. The number of anilines is 1. The van der Waals surface area contributed by atoms with E-state index in [1.54, 1.807) is 11.8 Å². The fourth-order valence-electron chi connectivity index (χ4n) is 1.21. The van der Waals surface area contributed by atoms with Gasteiger partial charge in [-0.3, -0.25) is 4.79 Å².